The summed E-state index contributed by atoms with van der Waals surface area (Å²) in [5.41, 5.74) is 1.47. The summed E-state index contributed by atoms with van der Waals surface area (Å²) in [5, 5.41) is 21.6. The molecule has 2 aromatic carbocycles. The van der Waals surface area contributed by atoms with Gasteiger partial charge in [0.05, 0.1) is 31.5 Å². The van der Waals surface area contributed by atoms with Crippen LogP contribution in [0.3, 0.4) is 0 Å². The van der Waals surface area contributed by atoms with E-state index in [1.54, 1.807) is 32.0 Å². The Morgan fingerprint density at radius 3 is 2.49 bits per heavy atom. The molecule has 0 spiro atoms. The zero-order chi connectivity index (χ0) is 28.4. The summed E-state index contributed by atoms with van der Waals surface area (Å²) in [6.45, 7) is 6.87. The van der Waals surface area contributed by atoms with Crippen molar-refractivity contribution in [3.63, 3.8) is 0 Å². The molecule has 1 fully saturated rings. The van der Waals surface area contributed by atoms with Crippen LogP contribution >= 0.6 is 11.3 Å². The average molecular weight is 551 g/mol. The Morgan fingerprint density at radius 2 is 1.85 bits per heavy atom. The number of Topliss-reactive ketones (excluding diaryl/α,β-unsaturated/α-hetero) is 1. The van der Waals surface area contributed by atoms with Crippen LogP contribution in [0, 0.1) is 13.8 Å². The third-order valence-corrected chi connectivity index (χ3v) is 7.28. The molecule has 3 aromatic rings. The van der Waals surface area contributed by atoms with Crippen LogP contribution in [0.2, 0.25) is 0 Å². The molecule has 202 valence electrons. The first-order valence-corrected chi connectivity index (χ1v) is 12.5. The first-order chi connectivity index (χ1) is 18.6. The number of carbonyl (C=O) groups is 3. The number of methoxy groups -OCH3 is 2. The molecule has 1 amide bonds. The number of phenols is 1. The fraction of sp³-hybridized carbons (Fsp3) is 0.214. The van der Waals surface area contributed by atoms with Crippen LogP contribution in [0.25, 0.3) is 5.76 Å². The maximum absolute atomic E-state index is 13.5. The van der Waals surface area contributed by atoms with Gasteiger partial charge in [-0.05, 0) is 55.3 Å². The molecule has 11 heteroatoms. The highest BCUT2D eigenvalue weighted by Gasteiger charge is 2.48. The van der Waals surface area contributed by atoms with Gasteiger partial charge in [-0.25, -0.2) is 9.78 Å². The number of amides is 1. The highest BCUT2D eigenvalue weighted by molar-refractivity contribution is 7.17. The quantitative estimate of drug-likeness (QED) is 0.137. The minimum Gasteiger partial charge on any atom is -0.507 e. The second-order valence-corrected chi connectivity index (χ2v) is 9.56. The van der Waals surface area contributed by atoms with Gasteiger partial charge >= 0.3 is 11.9 Å². The molecule has 1 saturated heterocycles. The van der Waals surface area contributed by atoms with E-state index in [-0.39, 0.29) is 33.7 Å². The Morgan fingerprint density at radius 1 is 1.13 bits per heavy atom. The van der Waals surface area contributed by atoms with Crippen molar-refractivity contribution < 1.29 is 38.8 Å². The predicted octanol–water partition coefficient (Wildman–Crippen LogP) is 4.45. The molecule has 1 aromatic heterocycles. The van der Waals surface area contributed by atoms with Crippen molar-refractivity contribution in [1.29, 1.82) is 0 Å². The predicted molar refractivity (Wildman–Crippen MR) is 145 cm³/mol. The molecule has 1 unspecified atom stereocenters. The first kappa shape index (κ1) is 27.4. The largest absolute Gasteiger partial charge is 0.507 e. The third-order valence-electron chi connectivity index (χ3n) is 6.14. The summed E-state index contributed by atoms with van der Waals surface area (Å²) < 4.78 is 15.7. The zero-order valence-corrected chi connectivity index (χ0v) is 22.5. The van der Waals surface area contributed by atoms with Gasteiger partial charge in [0.25, 0.3) is 5.78 Å². The average Bonchev–Trinajstić information content (AvgIpc) is 3.43. The SMILES string of the molecule is C=CCOC(=O)c1sc(N2C(=O)C(=O)/C(=C(/O)c3ccc(OC)c(C)c3)C2c2ccc(O)c(OC)c2)nc1C. The molecule has 2 N–H and O–H groups in total. The number of carbonyl (C=O) groups excluding carboxylic acids is 3. The number of aryl methyl sites for hydroxylation is 2. The van der Waals surface area contributed by atoms with Crippen LogP contribution in [-0.2, 0) is 14.3 Å². The third kappa shape index (κ3) is 4.96. The van der Waals surface area contributed by atoms with Crippen LogP contribution in [0.1, 0.15) is 38.1 Å². The van der Waals surface area contributed by atoms with Gasteiger partial charge in [-0.2, -0.15) is 0 Å². The number of hydrogen-bond donors (Lipinski definition) is 2. The van der Waals surface area contributed by atoms with Crippen molar-refractivity contribution in [1.82, 2.24) is 4.98 Å². The van der Waals surface area contributed by atoms with E-state index in [1.165, 1.54) is 38.5 Å². The monoisotopic (exact) mass is 550 g/mol. The summed E-state index contributed by atoms with van der Waals surface area (Å²) >= 11 is 0.881. The number of aromatic nitrogens is 1. The number of nitrogens with zero attached hydrogens (tertiary/aromatic N) is 2. The number of esters is 1. The van der Waals surface area contributed by atoms with Crippen LogP contribution < -0.4 is 14.4 Å². The Hall–Kier alpha value is -4.64. The molecule has 0 radical (unpaired) electrons. The van der Waals surface area contributed by atoms with Gasteiger partial charge in [0.15, 0.2) is 16.6 Å². The topological polar surface area (TPSA) is 135 Å². The van der Waals surface area contributed by atoms with E-state index in [0.29, 0.717) is 28.1 Å². The molecular formula is C28H26N2O8S. The summed E-state index contributed by atoms with van der Waals surface area (Å²) in [6, 6.07) is 8.03. The Balaban J connectivity index is 1.93. The number of ketones is 1. The van der Waals surface area contributed by atoms with E-state index in [0.717, 1.165) is 16.2 Å². The number of aliphatic hydroxyl groups is 1. The van der Waals surface area contributed by atoms with Crippen molar-refractivity contribution >= 4 is 39.9 Å². The summed E-state index contributed by atoms with van der Waals surface area (Å²) in [6.07, 6.45) is 1.42. The van der Waals surface area contributed by atoms with Crippen LogP contribution in [0.5, 0.6) is 17.2 Å². The van der Waals surface area contributed by atoms with Crippen molar-refractivity contribution in [3.8, 4) is 17.2 Å². The molecule has 4 rings (SSSR count). The summed E-state index contributed by atoms with van der Waals surface area (Å²) in [5.74, 6) is -2.41. The highest BCUT2D eigenvalue weighted by atomic mass is 32.1. The minimum atomic E-state index is -1.15. The lowest BCUT2D eigenvalue weighted by molar-refractivity contribution is -0.132. The molecule has 1 aliphatic rings. The molecule has 0 saturated carbocycles. The number of anilines is 1. The molecule has 39 heavy (non-hydrogen) atoms. The fourth-order valence-electron chi connectivity index (χ4n) is 4.27. The van der Waals surface area contributed by atoms with E-state index in [4.69, 9.17) is 14.2 Å². The van der Waals surface area contributed by atoms with Crippen molar-refractivity contribution in [2.75, 3.05) is 25.7 Å². The number of phenolic OH excluding ortho intramolecular Hbond substituents is 1. The van der Waals surface area contributed by atoms with Crippen molar-refractivity contribution in [2.45, 2.75) is 19.9 Å². The van der Waals surface area contributed by atoms with E-state index < -0.39 is 29.5 Å². The zero-order valence-electron chi connectivity index (χ0n) is 21.7. The number of aliphatic hydroxyl groups excluding tert-OH is 1. The number of aromatic hydroxyl groups is 1. The molecular weight excluding hydrogens is 524 g/mol. The standard InChI is InChI=1S/C28H26N2O8S/c1-6-11-38-27(35)25-15(3)29-28(39-25)30-22(16-7-9-18(31)20(13-16)37-5)21(24(33)26(30)34)23(32)17-8-10-19(36-4)14(2)12-17/h6-10,12-13,22,31-32H,1,11H2,2-5H3/b23-21+. The van der Waals surface area contributed by atoms with E-state index in [9.17, 15) is 24.6 Å². The van der Waals surface area contributed by atoms with E-state index in [2.05, 4.69) is 11.6 Å². The van der Waals surface area contributed by atoms with Crippen molar-refractivity contribution in [3.05, 3.63) is 81.9 Å². The maximum Gasteiger partial charge on any atom is 0.350 e. The summed E-state index contributed by atoms with van der Waals surface area (Å²) in [4.78, 5) is 45.1. The fourth-order valence-corrected chi connectivity index (χ4v) is 5.25. The van der Waals surface area contributed by atoms with Gasteiger partial charge in [0, 0.05) is 5.56 Å². The van der Waals surface area contributed by atoms with Crippen LogP contribution in [0.15, 0.2) is 54.6 Å². The summed E-state index contributed by atoms with van der Waals surface area (Å²) in [7, 11) is 2.88. The molecule has 10 nitrogen and oxygen atoms in total. The Kier molecular flexibility index (Phi) is 7.73. The lowest BCUT2D eigenvalue weighted by Gasteiger charge is -2.23. The number of thiazole rings is 1. The van der Waals surface area contributed by atoms with Gasteiger partial charge in [0.2, 0.25) is 0 Å². The normalized spacial score (nSPS) is 16.3. The van der Waals surface area contributed by atoms with E-state index >= 15 is 0 Å². The van der Waals surface area contributed by atoms with Gasteiger partial charge in [-0.15, -0.1) is 0 Å². The second kappa shape index (κ2) is 11.0. The van der Waals surface area contributed by atoms with E-state index in [1.807, 2.05) is 0 Å². The Bertz CT molecular complexity index is 1520. The lowest BCUT2D eigenvalue weighted by atomic mass is 9.94. The first-order valence-electron chi connectivity index (χ1n) is 11.7. The number of ether oxygens (including phenoxy) is 3. The van der Waals surface area contributed by atoms with Gasteiger partial charge in [-0.1, -0.05) is 30.1 Å². The van der Waals surface area contributed by atoms with Crippen LogP contribution in [-0.4, -0.2) is 53.7 Å². The van der Waals surface area contributed by atoms with Gasteiger partial charge in [0.1, 0.15) is 23.0 Å². The molecule has 0 bridgehead atoms. The smallest absolute Gasteiger partial charge is 0.350 e. The lowest BCUT2D eigenvalue weighted by Crippen LogP contribution is -2.29. The highest BCUT2D eigenvalue weighted by Crippen LogP contribution is 2.45. The minimum absolute atomic E-state index is 0.00932. The second-order valence-electron chi connectivity index (χ2n) is 8.58. The van der Waals surface area contributed by atoms with Crippen LogP contribution in [0.4, 0.5) is 5.13 Å². The number of hydrogen-bond acceptors (Lipinski definition) is 10. The maximum atomic E-state index is 13.5. The molecule has 2 heterocycles. The molecule has 1 atom stereocenters. The van der Waals surface area contributed by atoms with Gasteiger partial charge < -0.3 is 24.4 Å². The number of benzene rings is 2. The van der Waals surface area contributed by atoms with Gasteiger partial charge in [-0.3, -0.25) is 14.5 Å². The molecule has 1 aliphatic heterocycles. The number of rotatable bonds is 8. The molecule has 0 aliphatic carbocycles. The van der Waals surface area contributed by atoms with Crippen molar-refractivity contribution in [2.24, 2.45) is 0 Å². The Labute approximate surface area is 228 Å².